The molecule has 0 fully saturated rings. The van der Waals surface area contributed by atoms with Crippen LogP contribution in [0.1, 0.15) is 25.1 Å². The molecule has 14 heteroatoms. The molecule has 0 spiro atoms. The van der Waals surface area contributed by atoms with Crippen LogP contribution in [0.2, 0.25) is 10.0 Å². The Hall–Kier alpha value is -2.31. The third-order valence-electron chi connectivity index (χ3n) is 3.50. The van der Waals surface area contributed by atoms with E-state index in [0.29, 0.717) is 12.1 Å². The summed E-state index contributed by atoms with van der Waals surface area (Å²) in [5.74, 6) is -0.913. The van der Waals surface area contributed by atoms with Crippen molar-refractivity contribution in [1.82, 2.24) is 15.2 Å². The van der Waals surface area contributed by atoms with Gasteiger partial charge in [-0.1, -0.05) is 30.1 Å². The number of hydrogen-bond acceptors (Lipinski definition) is 5. The molecule has 1 aromatic heterocycles. The molecule has 0 bridgehead atoms. The predicted octanol–water partition coefficient (Wildman–Crippen LogP) is 2.66. The Labute approximate surface area is 175 Å². The number of alkyl halides is 3. The van der Waals surface area contributed by atoms with E-state index >= 15 is 0 Å². The highest BCUT2D eigenvalue weighted by Crippen LogP contribution is 2.39. The number of nitrogens with zero attached hydrogens (tertiary/aromatic N) is 3. The van der Waals surface area contributed by atoms with E-state index in [9.17, 15) is 22.2 Å². The van der Waals surface area contributed by atoms with Crippen molar-refractivity contribution in [2.45, 2.75) is 24.9 Å². The minimum Gasteiger partial charge on any atom is -0.383 e. The smallest absolute Gasteiger partial charge is 0.383 e. The van der Waals surface area contributed by atoms with E-state index in [4.69, 9.17) is 34.7 Å². The average Bonchev–Trinajstić information content (AvgIpc) is 2.95. The van der Waals surface area contributed by atoms with Crippen molar-refractivity contribution in [1.29, 1.82) is 0 Å². The van der Waals surface area contributed by atoms with Gasteiger partial charge in [0.1, 0.15) is 22.1 Å². The average molecular weight is 471 g/mol. The summed E-state index contributed by atoms with van der Waals surface area (Å²) in [5, 5.41) is 6.92. The Bertz CT molecular complexity index is 999. The van der Waals surface area contributed by atoms with E-state index < -0.39 is 38.5 Å². The van der Waals surface area contributed by atoms with Gasteiger partial charge in [-0.15, -0.1) is 0 Å². The van der Waals surface area contributed by atoms with E-state index in [1.165, 1.54) is 6.92 Å². The molecule has 0 saturated carbocycles. The van der Waals surface area contributed by atoms with Crippen LogP contribution in [0.5, 0.6) is 0 Å². The van der Waals surface area contributed by atoms with Gasteiger partial charge in [0.25, 0.3) is 0 Å². The van der Waals surface area contributed by atoms with Crippen molar-refractivity contribution in [3.63, 3.8) is 0 Å². The third-order valence-corrected chi connectivity index (χ3v) is 5.46. The highest BCUT2D eigenvalue weighted by atomic mass is 35.5. The Kier molecular flexibility index (Phi) is 6.81. The topological polar surface area (TPSA) is 128 Å². The van der Waals surface area contributed by atoms with Crippen molar-refractivity contribution < 1.29 is 22.2 Å². The van der Waals surface area contributed by atoms with Crippen LogP contribution in [0, 0.1) is 0 Å². The summed E-state index contributed by atoms with van der Waals surface area (Å²) in [6, 6.07) is 1.32. The number of carbonyl (C=O) groups is 1. The number of hydrogen-bond donors (Lipinski definition) is 3. The van der Waals surface area contributed by atoms with Crippen LogP contribution in [0.3, 0.4) is 0 Å². The molecule has 0 radical (unpaired) electrons. The molecule has 158 valence electrons. The second-order valence-corrected chi connectivity index (χ2v) is 8.05. The number of nitrogens with one attached hydrogen (secondary N) is 1. The van der Waals surface area contributed by atoms with Gasteiger partial charge in [0.15, 0.2) is 5.84 Å². The monoisotopic (exact) mass is 470 g/mol. The fourth-order valence-corrected chi connectivity index (χ4v) is 3.86. The standard InChI is InChI=1S/C15H15Cl2F3N6O2S/c1-3-29(28)12-10(13(21)24-23-6(2)27)25-26(14(12)22)11-8(16)4-7(5-9(11)17)15(18,19)20/h4-5H,3,22H2,1-2H3,(H2,21,24)(H,23,27). The van der Waals surface area contributed by atoms with Gasteiger partial charge >= 0.3 is 6.18 Å². The molecule has 2 aromatic rings. The number of benzene rings is 1. The molecule has 0 saturated heterocycles. The Morgan fingerprint density at radius 3 is 2.34 bits per heavy atom. The zero-order valence-corrected chi connectivity index (χ0v) is 17.3. The molecule has 1 heterocycles. The maximum atomic E-state index is 13.0. The first-order valence-electron chi connectivity index (χ1n) is 7.82. The normalized spacial score (nSPS) is 13.4. The Morgan fingerprint density at radius 1 is 1.34 bits per heavy atom. The van der Waals surface area contributed by atoms with Crippen molar-refractivity contribution >= 4 is 51.6 Å². The summed E-state index contributed by atoms with van der Waals surface area (Å²) in [5.41, 5.74) is 12.6. The van der Waals surface area contributed by atoms with Gasteiger partial charge in [-0.3, -0.25) is 9.00 Å². The van der Waals surface area contributed by atoms with Crippen LogP contribution in [-0.4, -0.2) is 31.5 Å². The first-order valence-corrected chi connectivity index (χ1v) is 9.89. The van der Waals surface area contributed by atoms with Crippen LogP contribution >= 0.6 is 23.2 Å². The van der Waals surface area contributed by atoms with Crippen LogP contribution in [0.4, 0.5) is 19.0 Å². The molecule has 0 aliphatic heterocycles. The Balaban J connectivity index is 2.74. The van der Waals surface area contributed by atoms with Crippen LogP contribution in [0.15, 0.2) is 22.1 Å². The lowest BCUT2D eigenvalue weighted by molar-refractivity contribution is -0.137. The number of nitrogen functional groups attached to an aromatic ring is 1. The summed E-state index contributed by atoms with van der Waals surface area (Å²) in [4.78, 5) is 11.0. The van der Waals surface area contributed by atoms with Crippen molar-refractivity contribution in [2.75, 3.05) is 11.5 Å². The van der Waals surface area contributed by atoms with E-state index in [0.717, 1.165) is 4.68 Å². The molecular formula is C15H15Cl2F3N6O2S. The second-order valence-electron chi connectivity index (χ2n) is 5.56. The number of aromatic nitrogens is 2. The Morgan fingerprint density at radius 2 is 1.90 bits per heavy atom. The molecule has 1 atom stereocenters. The van der Waals surface area contributed by atoms with Crippen LogP contribution in [-0.2, 0) is 21.8 Å². The minimum absolute atomic E-state index is 0.0221. The van der Waals surface area contributed by atoms with Gasteiger partial charge in [-0.2, -0.15) is 23.4 Å². The number of amides is 1. The van der Waals surface area contributed by atoms with Crippen LogP contribution in [0.25, 0.3) is 5.69 Å². The molecule has 29 heavy (non-hydrogen) atoms. The molecule has 8 nitrogen and oxygen atoms in total. The minimum atomic E-state index is -4.67. The highest BCUT2D eigenvalue weighted by molar-refractivity contribution is 7.85. The first-order chi connectivity index (χ1) is 13.4. The molecular weight excluding hydrogens is 456 g/mol. The fourth-order valence-electron chi connectivity index (χ4n) is 2.25. The number of nitrogens with two attached hydrogens (primary N) is 2. The molecule has 5 N–H and O–H groups in total. The number of anilines is 1. The molecule has 1 unspecified atom stereocenters. The van der Waals surface area contributed by atoms with Crippen LogP contribution < -0.4 is 16.9 Å². The highest BCUT2D eigenvalue weighted by Gasteiger charge is 2.33. The van der Waals surface area contributed by atoms with E-state index in [2.05, 4.69) is 15.6 Å². The maximum Gasteiger partial charge on any atom is 0.416 e. The molecule has 2 rings (SSSR count). The molecule has 1 amide bonds. The predicted molar refractivity (Wildman–Crippen MR) is 104 cm³/mol. The van der Waals surface area contributed by atoms with Crippen molar-refractivity contribution in [3.8, 4) is 5.69 Å². The second kappa shape index (κ2) is 8.59. The number of rotatable bonds is 5. The van der Waals surface area contributed by atoms with E-state index in [1.807, 2.05) is 0 Å². The number of carbonyl (C=O) groups excluding carboxylic acids is 1. The summed E-state index contributed by atoms with van der Waals surface area (Å²) < 4.78 is 52.3. The van der Waals surface area contributed by atoms with E-state index in [1.54, 1.807) is 6.92 Å². The lowest BCUT2D eigenvalue weighted by Gasteiger charge is -2.13. The zero-order chi connectivity index (χ0) is 22.1. The lowest BCUT2D eigenvalue weighted by atomic mass is 10.2. The molecule has 0 aliphatic carbocycles. The van der Waals surface area contributed by atoms with Gasteiger partial charge in [0.05, 0.1) is 26.4 Å². The van der Waals surface area contributed by atoms with Crippen molar-refractivity contribution in [2.24, 2.45) is 10.8 Å². The quantitative estimate of drug-likeness (QED) is 0.351. The number of amidine groups is 1. The summed E-state index contributed by atoms with van der Waals surface area (Å²) in [7, 11) is -1.68. The fraction of sp³-hybridized carbons (Fsp3) is 0.267. The summed E-state index contributed by atoms with van der Waals surface area (Å²) in [6.07, 6.45) is -4.67. The summed E-state index contributed by atoms with van der Waals surface area (Å²) in [6.45, 7) is 2.80. The lowest BCUT2D eigenvalue weighted by Crippen LogP contribution is -2.23. The van der Waals surface area contributed by atoms with Gasteiger partial charge in [0, 0.05) is 12.7 Å². The van der Waals surface area contributed by atoms with Gasteiger partial charge in [0.2, 0.25) is 5.91 Å². The number of halogens is 5. The third kappa shape index (κ3) is 4.82. The van der Waals surface area contributed by atoms with E-state index in [-0.39, 0.29) is 33.7 Å². The van der Waals surface area contributed by atoms with Gasteiger partial charge < -0.3 is 11.5 Å². The largest absolute Gasteiger partial charge is 0.416 e. The van der Waals surface area contributed by atoms with Crippen molar-refractivity contribution in [3.05, 3.63) is 33.4 Å². The SMILES string of the molecule is CCS(=O)c1c(C(N)=NNC(C)=O)nn(-c2c(Cl)cc(C(F)(F)F)cc2Cl)c1N. The molecule has 0 aliphatic rings. The number of hydrazone groups is 1. The van der Waals surface area contributed by atoms with Gasteiger partial charge in [-0.05, 0) is 12.1 Å². The first kappa shape index (κ1) is 23.0. The zero-order valence-electron chi connectivity index (χ0n) is 15.0. The van der Waals surface area contributed by atoms with Gasteiger partial charge in [-0.25, -0.2) is 10.1 Å². The molecule has 1 aromatic carbocycles. The summed E-state index contributed by atoms with van der Waals surface area (Å²) >= 11 is 12.0. The maximum absolute atomic E-state index is 13.0.